The number of amides is 7. The number of carbonyl (C=O) groups is 7. The summed E-state index contributed by atoms with van der Waals surface area (Å²) >= 11 is 0. The average molecular weight is 804 g/mol. The van der Waals surface area contributed by atoms with Crippen molar-refractivity contribution in [2.45, 2.75) is 131 Å². The van der Waals surface area contributed by atoms with Gasteiger partial charge in [0.1, 0.15) is 42.3 Å². The summed E-state index contributed by atoms with van der Waals surface area (Å²) in [5.41, 5.74) is 1.47. The highest BCUT2D eigenvalue weighted by Gasteiger charge is 2.38. The summed E-state index contributed by atoms with van der Waals surface area (Å²) in [6.07, 6.45) is 0.356. The van der Waals surface area contributed by atoms with Gasteiger partial charge >= 0.3 is 0 Å². The zero-order valence-corrected chi connectivity index (χ0v) is 35.7. The molecule has 0 bridgehead atoms. The van der Waals surface area contributed by atoms with E-state index in [1.54, 1.807) is 55.4 Å². The predicted octanol–water partition coefficient (Wildman–Crippen LogP) is 2.55. The number of hydrogen-bond donors (Lipinski definition) is 7. The summed E-state index contributed by atoms with van der Waals surface area (Å²) in [6, 6.07) is 10.3. The van der Waals surface area contributed by atoms with Gasteiger partial charge in [0.05, 0.1) is 0 Å². The molecule has 0 radical (unpaired) electrons. The minimum absolute atomic E-state index is 0.0440. The maximum Gasteiger partial charge on any atom is 0.243 e. The van der Waals surface area contributed by atoms with Gasteiger partial charge in [0.25, 0.3) is 0 Å². The van der Waals surface area contributed by atoms with Gasteiger partial charge in [0.2, 0.25) is 41.4 Å². The summed E-state index contributed by atoms with van der Waals surface area (Å²) in [4.78, 5) is 98.5. The third kappa shape index (κ3) is 14.0. The van der Waals surface area contributed by atoms with E-state index in [4.69, 9.17) is 0 Å². The monoisotopic (exact) mass is 803 g/mol. The van der Waals surface area contributed by atoms with Crippen LogP contribution in [0.4, 0.5) is 0 Å². The highest BCUT2D eigenvalue weighted by molar-refractivity contribution is 5.99. The van der Waals surface area contributed by atoms with Crippen LogP contribution in [0.25, 0.3) is 0 Å². The first kappa shape index (κ1) is 47.1. The van der Waals surface area contributed by atoms with E-state index >= 15 is 0 Å². The second-order valence-electron chi connectivity index (χ2n) is 17.1. The average Bonchev–Trinajstić information content (AvgIpc) is 3.15. The van der Waals surface area contributed by atoms with Crippen molar-refractivity contribution in [3.8, 4) is 0 Å². The molecule has 7 amide bonds. The van der Waals surface area contributed by atoms with Crippen LogP contribution in [-0.4, -0.2) is 83.6 Å². The van der Waals surface area contributed by atoms with Gasteiger partial charge in [-0.05, 0) is 47.1 Å². The molecule has 0 unspecified atom stereocenters. The van der Waals surface area contributed by atoms with Crippen molar-refractivity contribution in [2.75, 3.05) is 0 Å². The van der Waals surface area contributed by atoms with Crippen LogP contribution >= 0.6 is 0 Å². The van der Waals surface area contributed by atoms with E-state index < -0.39 is 107 Å². The SMILES string of the molecule is CC(C)C[C@@H]1NC(=O)[C@@H](C(C)C)NC(=O)[C@@H](Cc2ccccc2)NC(=O)[C@H](Cc2ccccc2)NC(=O)[C@@H](C(C)C)NC(=O)[C@@H](C(C)C)NC(=O)[C@@H](C(C)C)NC1=O. The number of nitrogens with one attached hydrogen (secondary N) is 7. The van der Waals surface area contributed by atoms with Crippen LogP contribution in [0, 0.1) is 29.6 Å². The Labute approximate surface area is 343 Å². The topological polar surface area (TPSA) is 204 Å². The summed E-state index contributed by atoms with van der Waals surface area (Å²) in [5, 5.41) is 19.7. The van der Waals surface area contributed by atoms with Gasteiger partial charge in [0.15, 0.2) is 0 Å². The lowest BCUT2D eigenvalue weighted by molar-refractivity contribution is -0.137. The van der Waals surface area contributed by atoms with E-state index in [1.807, 2.05) is 74.5 Å². The van der Waals surface area contributed by atoms with Crippen LogP contribution in [-0.2, 0) is 46.4 Å². The van der Waals surface area contributed by atoms with Crippen molar-refractivity contribution in [3.63, 3.8) is 0 Å². The van der Waals surface area contributed by atoms with Gasteiger partial charge in [-0.2, -0.15) is 0 Å². The van der Waals surface area contributed by atoms with Crippen LogP contribution < -0.4 is 37.2 Å². The quantitative estimate of drug-likeness (QED) is 0.191. The minimum Gasteiger partial charge on any atom is -0.343 e. The van der Waals surface area contributed by atoms with Gasteiger partial charge in [-0.25, -0.2) is 0 Å². The summed E-state index contributed by atoms with van der Waals surface area (Å²) in [7, 11) is 0. The zero-order chi connectivity index (χ0) is 43.3. The fourth-order valence-electron chi connectivity index (χ4n) is 6.75. The highest BCUT2D eigenvalue weighted by Crippen LogP contribution is 2.14. The molecule has 0 aliphatic carbocycles. The fourth-order valence-corrected chi connectivity index (χ4v) is 6.75. The molecule has 1 saturated heterocycles. The molecule has 7 N–H and O–H groups in total. The highest BCUT2D eigenvalue weighted by atomic mass is 16.2. The van der Waals surface area contributed by atoms with Crippen LogP contribution in [0.15, 0.2) is 60.7 Å². The molecule has 14 nitrogen and oxygen atoms in total. The Bertz CT molecular complexity index is 1710. The molecule has 7 atom stereocenters. The Balaban J connectivity index is 2.18. The molecule has 14 heteroatoms. The smallest absolute Gasteiger partial charge is 0.243 e. The Kier molecular flexibility index (Phi) is 17.9. The number of benzene rings is 2. The van der Waals surface area contributed by atoms with Gasteiger partial charge in [-0.15, -0.1) is 0 Å². The van der Waals surface area contributed by atoms with Gasteiger partial charge in [-0.1, -0.05) is 130 Å². The number of rotatable bonds is 10. The summed E-state index contributed by atoms with van der Waals surface area (Å²) in [5.74, 6) is -6.14. The Morgan fingerprint density at radius 3 is 0.948 bits per heavy atom. The van der Waals surface area contributed by atoms with Crippen molar-refractivity contribution >= 4 is 41.4 Å². The van der Waals surface area contributed by atoms with Crippen LogP contribution in [0.2, 0.25) is 0 Å². The summed E-state index contributed by atoms with van der Waals surface area (Å²) in [6.45, 7) is 17.8. The van der Waals surface area contributed by atoms with Crippen LogP contribution in [0.1, 0.15) is 86.8 Å². The lowest BCUT2D eigenvalue weighted by Crippen LogP contribution is -2.62. The molecule has 1 fully saturated rings. The first-order chi connectivity index (χ1) is 27.3. The van der Waals surface area contributed by atoms with E-state index in [9.17, 15) is 33.6 Å². The third-order valence-electron chi connectivity index (χ3n) is 10.2. The van der Waals surface area contributed by atoms with Crippen LogP contribution in [0.5, 0.6) is 0 Å². The van der Waals surface area contributed by atoms with E-state index in [2.05, 4.69) is 37.2 Å². The summed E-state index contributed by atoms with van der Waals surface area (Å²) < 4.78 is 0. The molecule has 0 spiro atoms. The van der Waals surface area contributed by atoms with E-state index in [0.29, 0.717) is 0 Å². The molecule has 1 heterocycles. The first-order valence-corrected chi connectivity index (χ1v) is 20.5. The normalized spacial score (nSPS) is 25.0. The molecule has 2 aromatic carbocycles. The number of carbonyl (C=O) groups excluding carboxylic acids is 7. The molecule has 0 aromatic heterocycles. The first-order valence-electron chi connectivity index (χ1n) is 20.5. The van der Waals surface area contributed by atoms with Crippen molar-refractivity contribution in [2.24, 2.45) is 29.6 Å². The van der Waals surface area contributed by atoms with Gasteiger partial charge < -0.3 is 37.2 Å². The van der Waals surface area contributed by atoms with E-state index in [-0.39, 0.29) is 25.2 Å². The standard InChI is InChI=1S/C44H65N7O7/c1-24(2)21-31-39(53)49-36(27(7)8)43(57)51-37(28(9)10)44(58)50-35(26(5)6)42(56)47-32(22-29-17-13-11-14-18-29)38(52)45-33(23-30-19-15-12-16-20-30)40(54)48-34(25(3)4)41(55)46-31/h11-20,24-28,31-37H,21-23H2,1-10H3,(H,45,52)(H,46,55)(H,47,56)(H,48,54)(H,49,53)(H,50,58)(H,51,57)/t31-,32-,33+,34+,35+,36+,37+/m0/s1. The molecular formula is C44H65N7O7. The second-order valence-corrected chi connectivity index (χ2v) is 17.1. The van der Waals surface area contributed by atoms with Crippen molar-refractivity contribution in [3.05, 3.63) is 71.8 Å². The lowest BCUT2D eigenvalue weighted by Gasteiger charge is -2.31. The molecule has 2 aromatic rings. The van der Waals surface area contributed by atoms with Crippen molar-refractivity contribution in [1.29, 1.82) is 0 Å². The number of hydrogen-bond acceptors (Lipinski definition) is 7. The molecule has 3 rings (SSSR count). The maximum absolute atomic E-state index is 14.3. The molecular weight excluding hydrogens is 739 g/mol. The lowest BCUT2D eigenvalue weighted by atomic mass is 9.96. The Morgan fingerprint density at radius 1 is 0.362 bits per heavy atom. The molecule has 1 aliphatic heterocycles. The van der Waals surface area contributed by atoms with Crippen molar-refractivity contribution < 1.29 is 33.6 Å². The van der Waals surface area contributed by atoms with E-state index in [1.165, 1.54) is 0 Å². The Morgan fingerprint density at radius 2 is 0.621 bits per heavy atom. The molecule has 318 valence electrons. The van der Waals surface area contributed by atoms with Gasteiger partial charge in [-0.3, -0.25) is 33.6 Å². The largest absolute Gasteiger partial charge is 0.343 e. The predicted molar refractivity (Wildman–Crippen MR) is 223 cm³/mol. The third-order valence-corrected chi connectivity index (χ3v) is 10.2. The van der Waals surface area contributed by atoms with Gasteiger partial charge in [0, 0.05) is 12.8 Å². The molecule has 0 saturated carbocycles. The zero-order valence-electron chi connectivity index (χ0n) is 35.7. The second kappa shape index (κ2) is 22.0. The van der Waals surface area contributed by atoms with Crippen LogP contribution in [0.3, 0.4) is 0 Å². The Hall–Kier alpha value is -5.27. The van der Waals surface area contributed by atoms with E-state index in [0.717, 1.165) is 11.1 Å². The molecule has 1 aliphatic rings. The fraction of sp³-hybridized carbons (Fsp3) is 0.568. The maximum atomic E-state index is 14.3. The molecule has 58 heavy (non-hydrogen) atoms. The van der Waals surface area contributed by atoms with Crippen molar-refractivity contribution in [1.82, 2.24) is 37.2 Å². The minimum atomic E-state index is -1.18.